The predicted octanol–water partition coefficient (Wildman–Crippen LogP) is 7.08. The van der Waals surface area contributed by atoms with Gasteiger partial charge in [-0.2, -0.15) is 0 Å². The fraction of sp³-hybridized carbons (Fsp3) is 0.194. The Morgan fingerprint density at radius 2 is 1.11 bits per heavy atom. The summed E-state index contributed by atoms with van der Waals surface area (Å²) in [6, 6.07) is 33.9. The van der Waals surface area contributed by atoms with E-state index in [9.17, 15) is 0 Å². The molecular weight excluding hydrogens is 432 g/mol. The summed E-state index contributed by atoms with van der Waals surface area (Å²) in [5.41, 5.74) is 8.13. The molecule has 0 bridgehead atoms. The summed E-state index contributed by atoms with van der Waals surface area (Å²) in [6.07, 6.45) is -0.127. The molecule has 1 heterocycles. The molecular formula is C31H30N2O2. The Labute approximate surface area is 207 Å². The zero-order chi connectivity index (χ0) is 24.4. The van der Waals surface area contributed by atoms with Gasteiger partial charge in [-0.3, -0.25) is 4.99 Å². The van der Waals surface area contributed by atoms with Crippen molar-refractivity contribution in [3.05, 3.63) is 114 Å². The molecule has 4 nitrogen and oxygen atoms in total. The summed E-state index contributed by atoms with van der Waals surface area (Å²) in [6.45, 7) is 4.34. The molecule has 0 aromatic heterocycles. The minimum atomic E-state index is -0.127. The zero-order valence-electron chi connectivity index (χ0n) is 20.6. The molecule has 5 rings (SSSR count). The highest BCUT2D eigenvalue weighted by Crippen LogP contribution is 2.38. The minimum absolute atomic E-state index is 0.0979. The largest absolute Gasteiger partial charge is 0.497 e. The summed E-state index contributed by atoms with van der Waals surface area (Å²) in [5.74, 6) is 1.68. The Balaban J connectivity index is 1.52. The number of aliphatic imine (C=N–C) groups is 1. The van der Waals surface area contributed by atoms with Gasteiger partial charge in [-0.05, 0) is 84.6 Å². The lowest BCUT2D eigenvalue weighted by molar-refractivity contribution is 0.414. The van der Waals surface area contributed by atoms with E-state index in [4.69, 9.17) is 14.5 Å². The van der Waals surface area contributed by atoms with Crippen LogP contribution < -0.4 is 14.4 Å². The van der Waals surface area contributed by atoms with Gasteiger partial charge in [-0.25, -0.2) is 0 Å². The standard InChI is InChI=1S/C31H30N2O2/c1-21-5-7-23(8-6-21)24-9-15-27(16-10-24)33-22(2)30(25-11-17-28(34-3)18-12-25)32-31(33)26-13-19-29(35-4)20-14-26/h5-20,22,31H,1-4H3. The van der Waals surface area contributed by atoms with Crippen LogP contribution in [0.5, 0.6) is 11.5 Å². The van der Waals surface area contributed by atoms with Crippen molar-refractivity contribution in [2.24, 2.45) is 4.99 Å². The first-order valence-corrected chi connectivity index (χ1v) is 11.9. The molecule has 4 aromatic rings. The van der Waals surface area contributed by atoms with Crippen molar-refractivity contribution in [2.45, 2.75) is 26.1 Å². The van der Waals surface area contributed by atoms with Gasteiger partial charge in [0.2, 0.25) is 0 Å². The minimum Gasteiger partial charge on any atom is -0.497 e. The lowest BCUT2D eigenvalue weighted by Gasteiger charge is -2.30. The fourth-order valence-electron chi connectivity index (χ4n) is 4.67. The Kier molecular flexibility index (Phi) is 6.28. The van der Waals surface area contributed by atoms with Gasteiger partial charge >= 0.3 is 0 Å². The van der Waals surface area contributed by atoms with Crippen molar-refractivity contribution in [3.8, 4) is 22.6 Å². The highest BCUT2D eigenvalue weighted by atomic mass is 16.5. The van der Waals surface area contributed by atoms with E-state index < -0.39 is 0 Å². The van der Waals surface area contributed by atoms with E-state index in [1.54, 1.807) is 14.2 Å². The van der Waals surface area contributed by atoms with Crippen LogP contribution in [0.25, 0.3) is 11.1 Å². The molecule has 0 fully saturated rings. The monoisotopic (exact) mass is 462 g/mol. The van der Waals surface area contributed by atoms with Gasteiger partial charge in [-0.15, -0.1) is 0 Å². The van der Waals surface area contributed by atoms with Gasteiger partial charge in [0.15, 0.2) is 0 Å². The summed E-state index contributed by atoms with van der Waals surface area (Å²) >= 11 is 0. The molecule has 0 spiro atoms. The van der Waals surface area contributed by atoms with Crippen molar-refractivity contribution in [3.63, 3.8) is 0 Å². The van der Waals surface area contributed by atoms with E-state index >= 15 is 0 Å². The lowest BCUT2D eigenvalue weighted by Crippen LogP contribution is -2.35. The third-order valence-electron chi connectivity index (χ3n) is 6.69. The van der Waals surface area contributed by atoms with E-state index in [2.05, 4.69) is 91.5 Å². The second-order valence-corrected chi connectivity index (χ2v) is 8.89. The maximum Gasteiger partial charge on any atom is 0.148 e. The molecule has 0 radical (unpaired) electrons. The molecule has 0 amide bonds. The van der Waals surface area contributed by atoms with E-state index in [1.807, 2.05) is 24.3 Å². The van der Waals surface area contributed by atoms with Gasteiger partial charge < -0.3 is 14.4 Å². The number of anilines is 1. The topological polar surface area (TPSA) is 34.1 Å². The van der Waals surface area contributed by atoms with Crippen molar-refractivity contribution in [2.75, 3.05) is 19.1 Å². The molecule has 1 aliphatic rings. The molecule has 0 aliphatic carbocycles. The molecule has 176 valence electrons. The van der Waals surface area contributed by atoms with Crippen LogP contribution in [0.4, 0.5) is 5.69 Å². The van der Waals surface area contributed by atoms with Crippen LogP contribution in [0, 0.1) is 6.92 Å². The highest BCUT2D eigenvalue weighted by molar-refractivity contribution is 6.08. The molecule has 2 atom stereocenters. The van der Waals surface area contributed by atoms with Gasteiger partial charge in [0.25, 0.3) is 0 Å². The number of hydrogen-bond donors (Lipinski definition) is 0. The SMILES string of the molecule is COc1ccc(C2=NC(c3ccc(OC)cc3)N(c3ccc(-c4ccc(C)cc4)cc3)C2C)cc1. The molecule has 0 saturated carbocycles. The lowest BCUT2D eigenvalue weighted by atomic mass is 10.0. The maximum atomic E-state index is 5.38. The number of rotatable bonds is 6. The average molecular weight is 463 g/mol. The molecule has 0 saturated heterocycles. The van der Waals surface area contributed by atoms with Crippen LogP contribution in [-0.4, -0.2) is 26.0 Å². The Morgan fingerprint density at radius 3 is 1.66 bits per heavy atom. The number of ether oxygens (including phenoxy) is 2. The first kappa shape index (κ1) is 22.7. The molecule has 4 aromatic carbocycles. The smallest absolute Gasteiger partial charge is 0.148 e. The van der Waals surface area contributed by atoms with Crippen molar-refractivity contribution in [1.82, 2.24) is 0 Å². The van der Waals surface area contributed by atoms with Gasteiger partial charge in [0.1, 0.15) is 17.7 Å². The van der Waals surface area contributed by atoms with Crippen molar-refractivity contribution < 1.29 is 9.47 Å². The second kappa shape index (κ2) is 9.67. The predicted molar refractivity (Wildman–Crippen MR) is 144 cm³/mol. The van der Waals surface area contributed by atoms with Crippen molar-refractivity contribution >= 4 is 11.4 Å². The maximum absolute atomic E-state index is 5.38. The van der Waals surface area contributed by atoms with Crippen LogP contribution in [0.3, 0.4) is 0 Å². The molecule has 0 N–H and O–H groups in total. The third-order valence-corrected chi connectivity index (χ3v) is 6.69. The van der Waals surface area contributed by atoms with Gasteiger partial charge in [-0.1, -0.05) is 54.1 Å². The van der Waals surface area contributed by atoms with Gasteiger partial charge in [0, 0.05) is 5.69 Å². The summed E-state index contributed by atoms with van der Waals surface area (Å²) < 4.78 is 10.7. The highest BCUT2D eigenvalue weighted by Gasteiger charge is 2.35. The van der Waals surface area contributed by atoms with E-state index in [0.717, 1.165) is 34.0 Å². The van der Waals surface area contributed by atoms with Crippen LogP contribution in [0.15, 0.2) is 102 Å². The Morgan fingerprint density at radius 1 is 0.629 bits per heavy atom. The van der Waals surface area contributed by atoms with Crippen LogP contribution in [0.2, 0.25) is 0 Å². The molecule has 1 aliphatic heterocycles. The van der Waals surface area contributed by atoms with E-state index in [1.165, 1.54) is 16.7 Å². The van der Waals surface area contributed by atoms with Gasteiger partial charge in [0.05, 0.1) is 26.0 Å². The van der Waals surface area contributed by atoms with E-state index in [-0.39, 0.29) is 12.2 Å². The number of nitrogens with zero attached hydrogens (tertiary/aromatic N) is 2. The fourth-order valence-corrected chi connectivity index (χ4v) is 4.67. The quantitative estimate of drug-likeness (QED) is 0.307. The van der Waals surface area contributed by atoms with Crippen LogP contribution in [-0.2, 0) is 0 Å². The number of aryl methyl sites for hydroxylation is 1. The summed E-state index contributed by atoms with van der Waals surface area (Å²) in [4.78, 5) is 7.62. The first-order chi connectivity index (χ1) is 17.1. The Hall–Kier alpha value is -4.05. The number of benzene rings is 4. The summed E-state index contributed by atoms with van der Waals surface area (Å²) in [5, 5.41) is 0. The zero-order valence-corrected chi connectivity index (χ0v) is 20.6. The number of methoxy groups -OCH3 is 2. The summed E-state index contributed by atoms with van der Waals surface area (Å²) in [7, 11) is 3.38. The van der Waals surface area contributed by atoms with E-state index in [0.29, 0.717) is 0 Å². The van der Waals surface area contributed by atoms with Crippen molar-refractivity contribution in [1.29, 1.82) is 0 Å². The average Bonchev–Trinajstić information content (AvgIpc) is 3.26. The van der Waals surface area contributed by atoms with Crippen LogP contribution in [0.1, 0.15) is 29.8 Å². The molecule has 2 unspecified atom stereocenters. The molecule has 4 heteroatoms. The first-order valence-electron chi connectivity index (χ1n) is 11.9. The van der Waals surface area contributed by atoms with Crippen LogP contribution >= 0.6 is 0 Å². The molecule has 35 heavy (non-hydrogen) atoms. The second-order valence-electron chi connectivity index (χ2n) is 8.89. The normalized spacial score (nSPS) is 17.3. The third kappa shape index (κ3) is 4.52. The Bertz CT molecular complexity index is 1310. The number of hydrogen-bond acceptors (Lipinski definition) is 4.